The van der Waals surface area contributed by atoms with Crippen LogP contribution >= 0.6 is 11.3 Å². The second kappa shape index (κ2) is 12.1. The summed E-state index contributed by atoms with van der Waals surface area (Å²) in [5.41, 5.74) is 7.03. The first-order valence-electron chi connectivity index (χ1n) is 13.2. The molecule has 2 N–H and O–H groups in total. The van der Waals surface area contributed by atoms with Crippen molar-refractivity contribution in [2.24, 2.45) is 5.73 Å². The molecule has 2 heterocycles. The van der Waals surface area contributed by atoms with E-state index in [0.29, 0.717) is 11.3 Å². The number of hydrogen-bond donors (Lipinski definition) is 1. The monoisotopic (exact) mass is 536 g/mol. The van der Waals surface area contributed by atoms with Gasteiger partial charge in [0.25, 0.3) is 11.8 Å². The molecular weight excluding hydrogens is 499 g/mol. The zero-order valence-electron chi connectivity index (χ0n) is 22.6. The minimum Gasteiger partial charge on any atom is -0.366 e. The molecule has 0 bridgehead atoms. The maximum absolute atomic E-state index is 15.6. The third kappa shape index (κ3) is 6.08. The zero-order chi connectivity index (χ0) is 27.4. The van der Waals surface area contributed by atoms with E-state index in [2.05, 4.69) is 22.4 Å². The Morgan fingerprint density at radius 1 is 1.00 bits per heavy atom. The SMILES string of the molecule is CC(C)N(C(=O)c1ccc(N(c2cccc(C(N)=O)c2F)C2CCN(Cc3cccs3)CC2)cc1)C(C)C. The van der Waals surface area contributed by atoms with Gasteiger partial charge in [0, 0.05) is 53.9 Å². The summed E-state index contributed by atoms with van der Waals surface area (Å²) in [6.07, 6.45) is 1.67. The van der Waals surface area contributed by atoms with Gasteiger partial charge in [-0.15, -0.1) is 11.3 Å². The standard InChI is InChI=1S/C30H37FN4O2S/c1-20(2)34(21(3)4)30(37)22-10-12-23(13-11-22)35(27-9-5-8-26(28(27)31)29(32)36)24-14-16-33(17-15-24)19-25-7-6-18-38-25/h5-13,18,20-21,24H,14-17,19H2,1-4H3,(H2,32,36). The van der Waals surface area contributed by atoms with Crippen molar-refractivity contribution >= 4 is 34.5 Å². The molecule has 1 aliphatic rings. The van der Waals surface area contributed by atoms with E-state index in [1.807, 2.05) is 61.8 Å². The first-order valence-corrected chi connectivity index (χ1v) is 14.1. The van der Waals surface area contributed by atoms with Crippen LogP contribution in [-0.2, 0) is 6.54 Å². The first-order chi connectivity index (χ1) is 18.2. The molecule has 3 aromatic rings. The van der Waals surface area contributed by atoms with E-state index in [1.165, 1.54) is 10.9 Å². The second-order valence-electron chi connectivity index (χ2n) is 10.4. The number of nitrogens with zero attached hydrogens (tertiary/aromatic N) is 3. The highest BCUT2D eigenvalue weighted by Gasteiger charge is 2.30. The van der Waals surface area contributed by atoms with Crippen molar-refractivity contribution in [3.8, 4) is 0 Å². The van der Waals surface area contributed by atoms with Crippen LogP contribution in [0.25, 0.3) is 0 Å². The van der Waals surface area contributed by atoms with Gasteiger partial charge in [0.2, 0.25) is 0 Å². The van der Waals surface area contributed by atoms with E-state index >= 15 is 4.39 Å². The van der Waals surface area contributed by atoms with Gasteiger partial charge in [-0.25, -0.2) is 4.39 Å². The summed E-state index contributed by atoms with van der Waals surface area (Å²) in [6, 6.07) is 16.5. The smallest absolute Gasteiger partial charge is 0.254 e. The number of carbonyl (C=O) groups is 2. The fourth-order valence-electron chi connectivity index (χ4n) is 5.38. The summed E-state index contributed by atoms with van der Waals surface area (Å²) < 4.78 is 15.6. The van der Waals surface area contributed by atoms with Crippen LogP contribution in [0.15, 0.2) is 60.0 Å². The van der Waals surface area contributed by atoms with Gasteiger partial charge < -0.3 is 15.5 Å². The molecule has 202 valence electrons. The lowest BCUT2D eigenvalue weighted by molar-refractivity contribution is 0.0643. The first kappa shape index (κ1) is 27.8. The third-order valence-corrected chi connectivity index (χ3v) is 7.99. The maximum atomic E-state index is 15.6. The van der Waals surface area contributed by atoms with Gasteiger partial charge in [0.05, 0.1) is 11.3 Å². The Bertz CT molecular complexity index is 1230. The van der Waals surface area contributed by atoms with E-state index in [-0.39, 0.29) is 29.6 Å². The van der Waals surface area contributed by atoms with Gasteiger partial charge in [-0.2, -0.15) is 0 Å². The lowest BCUT2D eigenvalue weighted by Gasteiger charge is -2.40. The summed E-state index contributed by atoms with van der Waals surface area (Å²) >= 11 is 1.76. The molecule has 1 fully saturated rings. The number of halogens is 1. The van der Waals surface area contributed by atoms with Crippen LogP contribution in [0.5, 0.6) is 0 Å². The van der Waals surface area contributed by atoms with Gasteiger partial charge >= 0.3 is 0 Å². The minimum absolute atomic E-state index is 0.0246. The van der Waals surface area contributed by atoms with Crippen molar-refractivity contribution in [1.82, 2.24) is 9.80 Å². The number of carbonyl (C=O) groups excluding carboxylic acids is 2. The number of anilines is 2. The van der Waals surface area contributed by atoms with Crippen molar-refractivity contribution in [2.75, 3.05) is 18.0 Å². The topological polar surface area (TPSA) is 69.9 Å². The van der Waals surface area contributed by atoms with Crippen molar-refractivity contribution < 1.29 is 14.0 Å². The van der Waals surface area contributed by atoms with E-state index in [0.717, 1.165) is 38.2 Å². The van der Waals surface area contributed by atoms with Gasteiger partial charge in [-0.1, -0.05) is 12.1 Å². The van der Waals surface area contributed by atoms with E-state index in [9.17, 15) is 9.59 Å². The van der Waals surface area contributed by atoms with E-state index in [4.69, 9.17) is 5.73 Å². The average Bonchev–Trinajstić information content (AvgIpc) is 3.39. The Morgan fingerprint density at radius 2 is 1.66 bits per heavy atom. The van der Waals surface area contributed by atoms with Gasteiger partial charge in [0.1, 0.15) is 0 Å². The molecule has 38 heavy (non-hydrogen) atoms. The molecule has 0 saturated carbocycles. The number of hydrogen-bond acceptors (Lipinski definition) is 5. The van der Waals surface area contributed by atoms with Crippen LogP contribution in [-0.4, -0.2) is 52.8 Å². The molecule has 1 saturated heterocycles. The highest BCUT2D eigenvalue weighted by Crippen LogP contribution is 2.35. The molecule has 6 nitrogen and oxygen atoms in total. The van der Waals surface area contributed by atoms with Gasteiger partial charge in [-0.3, -0.25) is 14.5 Å². The summed E-state index contributed by atoms with van der Waals surface area (Å²) in [4.78, 5) is 32.7. The quantitative estimate of drug-likeness (QED) is 0.362. The fraction of sp³-hybridized carbons (Fsp3) is 0.400. The Hall–Kier alpha value is -3.23. The molecule has 2 aromatic carbocycles. The zero-order valence-corrected chi connectivity index (χ0v) is 23.4. The molecule has 0 aliphatic carbocycles. The van der Waals surface area contributed by atoms with E-state index in [1.54, 1.807) is 23.5 Å². The number of piperidine rings is 1. The number of primary amides is 1. The van der Waals surface area contributed by atoms with Gasteiger partial charge in [0.15, 0.2) is 5.82 Å². The predicted molar refractivity (Wildman–Crippen MR) is 153 cm³/mol. The Labute approximate surface area is 228 Å². The molecule has 0 spiro atoms. The largest absolute Gasteiger partial charge is 0.366 e. The maximum Gasteiger partial charge on any atom is 0.254 e. The molecule has 0 radical (unpaired) electrons. The number of thiophene rings is 1. The number of nitrogens with two attached hydrogens (primary N) is 1. The lowest BCUT2D eigenvalue weighted by atomic mass is 9.99. The average molecular weight is 537 g/mol. The Morgan fingerprint density at radius 3 is 2.21 bits per heavy atom. The third-order valence-electron chi connectivity index (χ3n) is 7.12. The Kier molecular flexibility index (Phi) is 8.84. The van der Waals surface area contributed by atoms with Crippen molar-refractivity contribution in [2.45, 2.75) is 65.2 Å². The number of rotatable bonds is 9. The predicted octanol–water partition coefficient (Wildman–Crippen LogP) is 6.05. The van der Waals surface area contributed by atoms with Crippen LogP contribution in [0, 0.1) is 5.82 Å². The molecular formula is C30H37FN4O2S. The summed E-state index contributed by atoms with van der Waals surface area (Å²) in [5.74, 6) is -1.44. The molecule has 2 amide bonds. The molecule has 8 heteroatoms. The molecule has 0 unspecified atom stereocenters. The summed E-state index contributed by atoms with van der Waals surface area (Å²) in [7, 11) is 0. The molecule has 0 atom stereocenters. The second-order valence-corrected chi connectivity index (χ2v) is 11.4. The minimum atomic E-state index is -0.793. The highest BCUT2D eigenvalue weighted by atomic mass is 32.1. The van der Waals surface area contributed by atoms with Crippen LogP contribution < -0.4 is 10.6 Å². The van der Waals surface area contributed by atoms with Gasteiger partial charge in [-0.05, 0) is 88.4 Å². The van der Waals surface area contributed by atoms with E-state index < -0.39 is 11.7 Å². The molecule has 4 rings (SSSR count). The highest BCUT2D eigenvalue weighted by molar-refractivity contribution is 7.09. The Balaban J connectivity index is 1.64. The fourth-order valence-corrected chi connectivity index (χ4v) is 6.13. The summed E-state index contributed by atoms with van der Waals surface area (Å²) in [5, 5.41) is 2.09. The molecule has 1 aromatic heterocycles. The molecule has 1 aliphatic heterocycles. The number of amides is 2. The van der Waals surface area contributed by atoms with Crippen molar-refractivity contribution in [1.29, 1.82) is 0 Å². The van der Waals surface area contributed by atoms with Crippen LogP contribution in [0.3, 0.4) is 0 Å². The van der Waals surface area contributed by atoms with Crippen LogP contribution in [0.2, 0.25) is 0 Å². The van der Waals surface area contributed by atoms with Crippen LogP contribution in [0.4, 0.5) is 15.8 Å². The van der Waals surface area contributed by atoms with Crippen LogP contribution in [0.1, 0.15) is 66.1 Å². The summed E-state index contributed by atoms with van der Waals surface area (Å²) in [6.45, 7) is 10.7. The van der Waals surface area contributed by atoms with Crippen molar-refractivity contribution in [3.63, 3.8) is 0 Å². The van der Waals surface area contributed by atoms with Crippen molar-refractivity contribution in [3.05, 3.63) is 81.8 Å². The lowest BCUT2D eigenvalue weighted by Crippen LogP contribution is -2.43. The number of benzene rings is 2. The number of likely N-dealkylation sites (tertiary alicyclic amines) is 1. The normalized spacial score (nSPS) is 14.7.